The standard InChI is InChI=1S/C10H18F3NO2/c1-2-3-4-5-8(15)7(6-11)14-10(16)9(12)13/h7-9,15H,2-6H2,1H3,(H,14,16). The predicted octanol–water partition coefficient (Wildman–Crippen LogP) is 1.65. The van der Waals surface area contributed by atoms with Crippen LogP contribution in [0.1, 0.15) is 32.6 Å². The fraction of sp³-hybridized carbons (Fsp3) is 0.900. The molecule has 0 saturated carbocycles. The minimum Gasteiger partial charge on any atom is -0.391 e. The Morgan fingerprint density at radius 2 is 2.00 bits per heavy atom. The van der Waals surface area contributed by atoms with Gasteiger partial charge in [0.25, 0.3) is 5.91 Å². The third-order valence-electron chi connectivity index (χ3n) is 2.26. The first kappa shape index (κ1) is 15.2. The van der Waals surface area contributed by atoms with Crippen molar-refractivity contribution in [1.82, 2.24) is 5.32 Å². The lowest BCUT2D eigenvalue weighted by Crippen LogP contribution is -2.47. The molecule has 0 aromatic rings. The van der Waals surface area contributed by atoms with Gasteiger partial charge >= 0.3 is 6.43 Å². The molecule has 0 spiro atoms. The van der Waals surface area contributed by atoms with Crippen molar-refractivity contribution in [3.8, 4) is 0 Å². The van der Waals surface area contributed by atoms with Crippen LogP contribution in [0.15, 0.2) is 0 Å². The molecule has 6 heteroatoms. The summed E-state index contributed by atoms with van der Waals surface area (Å²) < 4.78 is 36.2. The Bertz CT molecular complexity index is 203. The molecule has 16 heavy (non-hydrogen) atoms. The maximum atomic E-state index is 12.4. The van der Waals surface area contributed by atoms with Gasteiger partial charge in [-0.05, 0) is 6.42 Å². The van der Waals surface area contributed by atoms with E-state index in [-0.39, 0.29) is 0 Å². The van der Waals surface area contributed by atoms with Gasteiger partial charge < -0.3 is 10.4 Å². The van der Waals surface area contributed by atoms with Crippen LogP contribution < -0.4 is 5.32 Å². The zero-order valence-electron chi connectivity index (χ0n) is 9.26. The lowest BCUT2D eigenvalue weighted by Gasteiger charge is -2.21. The van der Waals surface area contributed by atoms with E-state index >= 15 is 0 Å². The molecule has 0 bridgehead atoms. The van der Waals surface area contributed by atoms with Crippen molar-refractivity contribution in [3.63, 3.8) is 0 Å². The second-order valence-corrected chi connectivity index (χ2v) is 3.63. The summed E-state index contributed by atoms with van der Waals surface area (Å²) in [7, 11) is 0. The highest BCUT2D eigenvalue weighted by Crippen LogP contribution is 2.08. The van der Waals surface area contributed by atoms with E-state index in [2.05, 4.69) is 0 Å². The molecule has 2 unspecified atom stereocenters. The maximum Gasteiger partial charge on any atom is 0.315 e. The Morgan fingerprint density at radius 1 is 1.38 bits per heavy atom. The molecular formula is C10H18F3NO2. The van der Waals surface area contributed by atoms with Crippen molar-refractivity contribution in [2.75, 3.05) is 6.67 Å². The number of hydrogen-bond donors (Lipinski definition) is 2. The molecule has 0 fully saturated rings. The van der Waals surface area contributed by atoms with Crippen molar-refractivity contribution >= 4 is 5.91 Å². The zero-order chi connectivity index (χ0) is 12.6. The molecule has 3 nitrogen and oxygen atoms in total. The van der Waals surface area contributed by atoms with E-state index in [0.717, 1.165) is 12.8 Å². The first-order valence-corrected chi connectivity index (χ1v) is 5.35. The van der Waals surface area contributed by atoms with Crippen LogP contribution in [0.25, 0.3) is 0 Å². The largest absolute Gasteiger partial charge is 0.391 e. The van der Waals surface area contributed by atoms with Crippen molar-refractivity contribution in [1.29, 1.82) is 0 Å². The number of hydrogen-bond acceptors (Lipinski definition) is 2. The molecule has 0 rings (SSSR count). The molecule has 0 saturated heterocycles. The maximum absolute atomic E-state index is 12.4. The van der Waals surface area contributed by atoms with E-state index < -0.39 is 31.2 Å². The van der Waals surface area contributed by atoms with Gasteiger partial charge in [-0.15, -0.1) is 0 Å². The monoisotopic (exact) mass is 241 g/mol. The van der Waals surface area contributed by atoms with E-state index in [1.807, 2.05) is 6.92 Å². The predicted molar refractivity (Wildman–Crippen MR) is 54.1 cm³/mol. The van der Waals surface area contributed by atoms with Crippen molar-refractivity contribution in [3.05, 3.63) is 0 Å². The second kappa shape index (κ2) is 8.38. The first-order valence-electron chi connectivity index (χ1n) is 5.35. The third kappa shape index (κ3) is 5.95. The number of aliphatic hydroxyl groups excluding tert-OH is 1. The minimum absolute atomic E-state index is 0.298. The number of alkyl halides is 3. The highest BCUT2D eigenvalue weighted by Gasteiger charge is 2.24. The van der Waals surface area contributed by atoms with Crippen LogP contribution in [0.3, 0.4) is 0 Å². The van der Waals surface area contributed by atoms with E-state index in [9.17, 15) is 23.1 Å². The SMILES string of the molecule is CCCCCC(O)C(CF)NC(=O)C(F)F. The van der Waals surface area contributed by atoms with E-state index in [4.69, 9.17) is 0 Å². The molecular weight excluding hydrogens is 223 g/mol. The number of carbonyl (C=O) groups is 1. The average molecular weight is 241 g/mol. The molecule has 0 aliphatic carbocycles. The van der Waals surface area contributed by atoms with Gasteiger partial charge in [0.15, 0.2) is 0 Å². The van der Waals surface area contributed by atoms with Gasteiger partial charge in [-0.1, -0.05) is 26.2 Å². The summed E-state index contributed by atoms with van der Waals surface area (Å²) in [6, 6.07) is -1.24. The molecule has 0 aromatic heterocycles. The molecule has 0 radical (unpaired) electrons. The molecule has 2 N–H and O–H groups in total. The van der Waals surface area contributed by atoms with E-state index in [1.54, 1.807) is 5.32 Å². The third-order valence-corrected chi connectivity index (χ3v) is 2.26. The van der Waals surface area contributed by atoms with Gasteiger partial charge in [-0.25, -0.2) is 4.39 Å². The topological polar surface area (TPSA) is 49.3 Å². The van der Waals surface area contributed by atoms with Crippen LogP contribution in [0.5, 0.6) is 0 Å². The van der Waals surface area contributed by atoms with E-state index in [1.165, 1.54) is 0 Å². The molecule has 2 atom stereocenters. The smallest absolute Gasteiger partial charge is 0.315 e. The first-order chi connectivity index (χ1) is 7.52. The van der Waals surface area contributed by atoms with Crippen molar-refractivity contribution in [2.24, 2.45) is 0 Å². The average Bonchev–Trinajstić information content (AvgIpc) is 2.25. The summed E-state index contributed by atoms with van der Waals surface area (Å²) in [4.78, 5) is 10.6. The van der Waals surface area contributed by atoms with Gasteiger partial charge in [0.2, 0.25) is 0 Å². The summed E-state index contributed by atoms with van der Waals surface area (Å²) in [6.45, 7) is 0.920. The molecule has 0 aliphatic heterocycles. The number of halogens is 3. The van der Waals surface area contributed by atoms with Crippen LogP contribution in [0.4, 0.5) is 13.2 Å². The molecule has 0 aromatic carbocycles. The Kier molecular flexibility index (Phi) is 7.97. The van der Waals surface area contributed by atoms with Gasteiger partial charge in [-0.2, -0.15) is 8.78 Å². The lowest BCUT2D eigenvalue weighted by atomic mass is 10.0. The van der Waals surface area contributed by atoms with Crippen LogP contribution in [-0.4, -0.2) is 36.3 Å². The molecule has 0 heterocycles. The second-order valence-electron chi connectivity index (χ2n) is 3.63. The zero-order valence-corrected chi connectivity index (χ0v) is 9.26. The van der Waals surface area contributed by atoms with Crippen LogP contribution in [-0.2, 0) is 4.79 Å². The van der Waals surface area contributed by atoms with Crippen molar-refractivity contribution < 1.29 is 23.1 Å². The number of amides is 1. The van der Waals surface area contributed by atoms with Gasteiger partial charge in [0.05, 0.1) is 12.1 Å². The van der Waals surface area contributed by atoms with Crippen LogP contribution >= 0.6 is 0 Å². The molecule has 0 aliphatic rings. The highest BCUT2D eigenvalue weighted by atomic mass is 19.3. The number of unbranched alkanes of at least 4 members (excludes halogenated alkanes) is 2. The Hall–Kier alpha value is -0.780. The Labute approximate surface area is 93.0 Å². The highest BCUT2D eigenvalue weighted by molar-refractivity contribution is 5.79. The van der Waals surface area contributed by atoms with Gasteiger partial charge in [0, 0.05) is 0 Å². The van der Waals surface area contributed by atoms with Crippen LogP contribution in [0.2, 0.25) is 0 Å². The summed E-state index contributed by atoms with van der Waals surface area (Å²) in [5.41, 5.74) is 0. The lowest BCUT2D eigenvalue weighted by molar-refractivity contribution is -0.133. The summed E-state index contributed by atoms with van der Waals surface area (Å²) in [6.07, 6.45) is -1.50. The minimum atomic E-state index is -3.18. The fourth-order valence-electron chi connectivity index (χ4n) is 1.29. The Balaban J connectivity index is 4.00. The summed E-state index contributed by atoms with van der Waals surface area (Å²) in [5.74, 6) is -1.54. The summed E-state index contributed by atoms with van der Waals surface area (Å²) in [5, 5.41) is 11.2. The number of rotatable bonds is 8. The van der Waals surface area contributed by atoms with E-state index in [0.29, 0.717) is 12.8 Å². The molecule has 96 valence electrons. The number of carbonyl (C=O) groups excluding carboxylic acids is 1. The van der Waals surface area contributed by atoms with Gasteiger partial charge in [0.1, 0.15) is 6.67 Å². The fourth-order valence-corrected chi connectivity index (χ4v) is 1.29. The number of nitrogens with one attached hydrogen (secondary N) is 1. The summed E-state index contributed by atoms with van der Waals surface area (Å²) >= 11 is 0. The molecule has 1 amide bonds. The Morgan fingerprint density at radius 3 is 2.44 bits per heavy atom. The van der Waals surface area contributed by atoms with Crippen molar-refractivity contribution in [2.45, 2.75) is 51.2 Å². The van der Waals surface area contributed by atoms with Crippen LogP contribution in [0, 0.1) is 0 Å². The van der Waals surface area contributed by atoms with Gasteiger partial charge in [-0.3, -0.25) is 4.79 Å². The quantitative estimate of drug-likeness (QED) is 0.635. The number of aliphatic hydroxyl groups is 1. The normalized spacial score (nSPS) is 14.9.